The molecule has 1 saturated carbocycles. The van der Waals surface area contributed by atoms with E-state index < -0.39 is 0 Å². The van der Waals surface area contributed by atoms with Gasteiger partial charge in [-0.3, -0.25) is 4.79 Å². The highest BCUT2D eigenvalue weighted by Crippen LogP contribution is 2.58. The van der Waals surface area contributed by atoms with Crippen molar-refractivity contribution in [1.82, 2.24) is 0 Å². The first kappa shape index (κ1) is 12.8. The number of aliphatic hydroxyl groups excluding tert-OH is 1. The maximum Gasteiger partial charge on any atom is 0.158 e. The number of hydrogen-bond donors (Lipinski definition) is 1. The molecule has 2 atom stereocenters. The van der Waals surface area contributed by atoms with Crippen molar-refractivity contribution < 1.29 is 9.90 Å². The van der Waals surface area contributed by atoms with Gasteiger partial charge in [-0.25, -0.2) is 0 Å². The van der Waals surface area contributed by atoms with Gasteiger partial charge in [0.25, 0.3) is 0 Å². The molecule has 0 saturated heterocycles. The van der Waals surface area contributed by atoms with E-state index in [0.29, 0.717) is 12.3 Å². The summed E-state index contributed by atoms with van der Waals surface area (Å²) in [5, 5.41) is 9.64. The van der Waals surface area contributed by atoms with Crippen LogP contribution in [-0.4, -0.2) is 17.5 Å². The predicted octanol–water partition coefficient (Wildman–Crippen LogP) is 3.10. The predicted molar refractivity (Wildman–Crippen MR) is 68.6 cm³/mol. The summed E-state index contributed by atoms with van der Waals surface area (Å²) in [6.07, 6.45) is 4.17. The van der Waals surface area contributed by atoms with Crippen LogP contribution in [0, 0.1) is 16.7 Å². The van der Waals surface area contributed by atoms with E-state index >= 15 is 0 Å². The van der Waals surface area contributed by atoms with Crippen molar-refractivity contribution in [3.05, 3.63) is 11.1 Å². The quantitative estimate of drug-likeness (QED) is 0.759. The third-order valence-corrected chi connectivity index (χ3v) is 5.34. The number of ketones is 1. The zero-order chi connectivity index (χ0) is 12.8. The van der Waals surface area contributed by atoms with Crippen LogP contribution < -0.4 is 0 Å². The number of aliphatic hydroxyl groups is 1. The van der Waals surface area contributed by atoms with Crippen LogP contribution in [-0.2, 0) is 4.79 Å². The van der Waals surface area contributed by atoms with E-state index in [4.69, 9.17) is 0 Å². The van der Waals surface area contributed by atoms with Gasteiger partial charge in [0.2, 0.25) is 0 Å². The van der Waals surface area contributed by atoms with Crippen LogP contribution in [0.25, 0.3) is 0 Å². The molecule has 1 fully saturated rings. The summed E-state index contributed by atoms with van der Waals surface area (Å²) in [5.74, 6) is 0.633. The van der Waals surface area contributed by atoms with Gasteiger partial charge < -0.3 is 5.11 Å². The summed E-state index contributed by atoms with van der Waals surface area (Å²) >= 11 is 0. The van der Waals surface area contributed by atoms with E-state index in [9.17, 15) is 9.90 Å². The third kappa shape index (κ3) is 1.77. The number of hydrogen-bond acceptors (Lipinski definition) is 2. The lowest BCUT2D eigenvalue weighted by atomic mass is 9.50. The van der Waals surface area contributed by atoms with E-state index in [-0.39, 0.29) is 23.2 Å². The molecule has 2 rings (SSSR count). The van der Waals surface area contributed by atoms with Crippen LogP contribution in [0.2, 0.25) is 0 Å². The zero-order valence-corrected chi connectivity index (χ0v) is 11.5. The minimum atomic E-state index is 0.0362. The highest BCUT2D eigenvalue weighted by Gasteiger charge is 2.51. The molecule has 0 bridgehead atoms. The van der Waals surface area contributed by atoms with Gasteiger partial charge in [0.15, 0.2) is 5.78 Å². The molecule has 2 aliphatic rings. The molecule has 96 valence electrons. The molecule has 0 aliphatic heterocycles. The number of carbonyl (C=O) groups is 1. The Morgan fingerprint density at radius 2 is 1.94 bits per heavy atom. The molecule has 0 amide bonds. The smallest absolute Gasteiger partial charge is 0.158 e. The van der Waals surface area contributed by atoms with Crippen molar-refractivity contribution in [1.29, 1.82) is 0 Å². The topological polar surface area (TPSA) is 37.3 Å². The molecule has 0 unspecified atom stereocenters. The average Bonchev–Trinajstić information content (AvgIpc) is 2.22. The summed E-state index contributed by atoms with van der Waals surface area (Å²) in [6.45, 7) is 8.73. The largest absolute Gasteiger partial charge is 0.392 e. The van der Waals surface area contributed by atoms with E-state index in [0.717, 1.165) is 17.6 Å². The first-order valence-corrected chi connectivity index (χ1v) is 6.67. The fourth-order valence-electron chi connectivity index (χ4n) is 4.22. The number of Topliss-reactive ketones (excluding diaryl/α,β-unsaturated/α-hetero) is 1. The summed E-state index contributed by atoms with van der Waals surface area (Å²) in [5.41, 5.74) is 2.08. The first-order valence-electron chi connectivity index (χ1n) is 6.67. The maximum atomic E-state index is 12.1. The number of allylic oxidation sites excluding steroid dienone is 1. The maximum absolute atomic E-state index is 12.1. The van der Waals surface area contributed by atoms with Gasteiger partial charge >= 0.3 is 0 Å². The Morgan fingerprint density at radius 3 is 2.53 bits per heavy atom. The molecule has 0 heterocycles. The molecule has 17 heavy (non-hydrogen) atoms. The Morgan fingerprint density at radius 1 is 1.29 bits per heavy atom. The van der Waals surface area contributed by atoms with Crippen molar-refractivity contribution in [3.63, 3.8) is 0 Å². The van der Waals surface area contributed by atoms with Crippen molar-refractivity contribution in [2.75, 3.05) is 6.61 Å². The highest BCUT2D eigenvalue weighted by atomic mass is 16.3. The Bertz CT molecular complexity index is 378. The molecule has 0 aromatic heterocycles. The van der Waals surface area contributed by atoms with Gasteiger partial charge in [-0.1, -0.05) is 27.2 Å². The van der Waals surface area contributed by atoms with Crippen LogP contribution >= 0.6 is 0 Å². The summed E-state index contributed by atoms with van der Waals surface area (Å²) < 4.78 is 0. The Balaban J connectivity index is 2.52. The molecule has 0 aromatic rings. The van der Waals surface area contributed by atoms with Crippen molar-refractivity contribution in [2.45, 2.75) is 53.4 Å². The lowest BCUT2D eigenvalue weighted by Crippen LogP contribution is -2.48. The second-order valence-electron chi connectivity index (χ2n) is 6.70. The van der Waals surface area contributed by atoms with Crippen molar-refractivity contribution >= 4 is 5.78 Å². The molecule has 2 aliphatic carbocycles. The second kappa shape index (κ2) is 3.94. The molecular weight excluding hydrogens is 212 g/mol. The standard InChI is InChI=1S/C15H24O2/c1-10-11(9-16)15(4)7-5-6-14(2,3)13(15)8-12(10)17/h13,16H,5-9H2,1-4H3/t13-,15-/m0/s1. The van der Waals surface area contributed by atoms with Crippen molar-refractivity contribution in [3.8, 4) is 0 Å². The summed E-state index contributed by atoms with van der Waals surface area (Å²) in [4.78, 5) is 12.1. The molecule has 2 heteroatoms. The average molecular weight is 236 g/mol. The molecule has 0 spiro atoms. The number of rotatable bonds is 1. The molecule has 0 aromatic carbocycles. The normalized spacial score (nSPS) is 37.0. The molecule has 0 radical (unpaired) electrons. The Labute approximate surface area is 104 Å². The van der Waals surface area contributed by atoms with E-state index in [2.05, 4.69) is 20.8 Å². The molecular formula is C15H24O2. The Kier molecular flexibility index (Phi) is 2.97. The summed E-state index contributed by atoms with van der Waals surface area (Å²) in [7, 11) is 0. The third-order valence-electron chi connectivity index (χ3n) is 5.34. The van der Waals surface area contributed by atoms with Gasteiger partial charge in [-0.15, -0.1) is 0 Å². The van der Waals surface area contributed by atoms with Gasteiger partial charge in [0, 0.05) is 6.42 Å². The van der Waals surface area contributed by atoms with E-state index in [1.807, 2.05) is 6.92 Å². The zero-order valence-electron chi connectivity index (χ0n) is 11.5. The lowest BCUT2D eigenvalue weighted by molar-refractivity contribution is -0.122. The number of fused-ring (bicyclic) bond motifs is 1. The molecule has 1 N–H and O–H groups in total. The number of carbonyl (C=O) groups excluding carboxylic acids is 1. The van der Waals surface area contributed by atoms with Gasteiger partial charge in [0.1, 0.15) is 0 Å². The van der Waals surface area contributed by atoms with E-state index in [1.54, 1.807) is 0 Å². The van der Waals surface area contributed by atoms with Crippen molar-refractivity contribution in [2.24, 2.45) is 16.7 Å². The van der Waals surface area contributed by atoms with Gasteiger partial charge in [0.05, 0.1) is 6.61 Å². The first-order chi connectivity index (χ1) is 7.83. The van der Waals surface area contributed by atoms with E-state index in [1.165, 1.54) is 12.8 Å². The fourth-order valence-corrected chi connectivity index (χ4v) is 4.22. The molecule has 2 nitrogen and oxygen atoms in total. The SMILES string of the molecule is CC1=C(CO)[C@]2(C)CCCC(C)(C)[C@@H]2CC1=O. The van der Waals surface area contributed by atoms with Crippen LogP contribution in [0.1, 0.15) is 53.4 Å². The van der Waals surface area contributed by atoms with Crippen LogP contribution in [0.5, 0.6) is 0 Å². The Hall–Kier alpha value is -0.630. The minimum Gasteiger partial charge on any atom is -0.392 e. The van der Waals surface area contributed by atoms with Crippen LogP contribution in [0.4, 0.5) is 0 Å². The fraction of sp³-hybridized carbons (Fsp3) is 0.800. The van der Waals surface area contributed by atoms with Gasteiger partial charge in [-0.2, -0.15) is 0 Å². The van der Waals surface area contributed by atoms with Crippen LogP contribution in [0.15, 0.2) is 11.1 Å². The summed E-state index contributed by atoms with van der Waals surface area (Å²) in [6, 6.07) is 0. The lowest BCUT2D eigenvalue weighted by Gasteiger charge is -2.54. The second-order valence-corrected chi connectivity index (χ2v) is 6.70. The van der Waals surface area contributed by atoms with Gasteiger partial charge in [-0.05, 0) is 47.7 Å². The van der Waals surface area contributed by atoms with Crippen LogP contribution in [0.3, 0.4) is 0 Å². The highest BCUT2D eigenvalue weighted by molar-refractivity contribution is 5.97. The minimum absolute atomic E-state index is 0.0362. The monoisotopic (exact) mass is 236 g/mol.